The number of hydrogen-bond acceptors (Lipinski definition) is 3. The van der Waals surface area contributed by atoms with Gasteiger partial charge in [-0.05, 0) is 18.6 Å². The van der Waals surface area contributed by atoms with Crippen molar-refractivity contribution in [2.24, 2.45) is 5.73 Å². The standard InChI is InChI=1S/C6H16NO3PS/c1-2-3-6(7,4-5-12)11(8,9)10/h12H,2-5,7H2,1H3,(H2,8,9,10). The van der Waals surface area contributed by atoms with E-state index < -0.39 is 12.9 Å². The summed E-state index contributed by atoms with van der Waals surface area (Å²) in [6, 6.07) is 0. The smallest absolute Gasteiger partial charge is 0.323 e. The van der Waals surface area contributed by atoms with Gasteiger partial charge in [-0.15, -0.1) is 0 Å². The van der Waals surface area contributed by atoms with Gasteiger partial charge in [0.05, 0.1) is 0 Å². The van der Waals surface area contributed by atoms with Crippen LogP contribution in [0.4, 0.5) is 0 Å². The summed E-state index contributed by atoms with van der Waals surface area (Å²) >= 11 is 3.92. The summed E-state index contributed by atoms with van der Waals surface area (Å²) in [6.07, 6.45) is 1.24. The molecule has 0 rings (SSSR count). The fourth-order valence-electron chi connectivity index (χ4n) is 1.04. The van der Waals surface area contributed by atoms with E-state index in [1.807, 2.05) is 6.92 Å². The van der Waals surface area contributed by atoms with Gasteiger partial charge in [0, 0.05) is 0 Å². The minimum absolute atomic E-state index is 0.244. The summed E-state index contributed by atoms with van der Waals surface area (Å²) in [5.41, 5.74) is 5.58. The molecule has 0 aliphatic carbocycles. The minimum atomic E-state index is -4.19. The van der Waals surface area contributed by atoms with E-state index in [0.29, 0.717) is 18.6 Å². The van der Waals surface area contributed by atoms with Gasteiger partial charge in [0.25, 0.3) is 0 Å². The number of hydrogen-bond donors (Lipinski definition) is 4. The molecule has 0 aromatic rings. The van der Waals surface area contributed by atoms with Crippen molar-refractivity contribution < 1.29 is 14.4 Å². The van der Waals surface area contributed by atoms with Gasteiger partial charge in [0.1, 0.15) is 5.28 Å². The molecule has 0 bridgehead atoms. The van der Waals surface area contributed by atoms with E-state index in [1.54, 1.807) is 0 Å². The van der Waals surface area contributed by atoms with Crippen LogP contribution in [-0.4, -0.2) is 20.8 Å². The lowest BCUT2D eigenvalue weighted by Gasteiger charge is -2.29. The Bertz CT molecular complexity index is 176. The molecule has 1 unspecified atom stereocenters. The molecule has 0 radical (unpaired) electrons. The molecule has 0 heterocycles. The summed E-state index contributed by atoms with van der Waals surface area (Å²) < 4.78 is 11.0. The summed E-state index contributed by atoms with van der Waals surface area (Å²) in [7, 11) is -4.19. The van der Waals surface area contributed by atoms with E-state index in [0.717, 1.165) is 0 Å². The molecule has 0 saturated heterocycles. The average Bonchev–Trinajstić information content (AvgIpc) is 1.86. The molecule has 4 N–H and O–H groups in total. The van der Waals surface area contributed by atoms with Gasteiger partial charge < -0.3 is 15.5 Å². The van der Waals surface area contributed by atoms with Gasteiger partial charge in [-0.2, -0.15) is 12.6 Å². The Morgan fingerprint density at radius 1 is 1.50 bits per heavy atom. The first-order chi connectivity index (χ1) is 5.37. The molecule has 6 heteroatoms. The topological polar surface area (TPSA) is 83.6 Å². The predicted molar refractivity (Wildman–Crippen MR) is 52.3 cm³/mol. The maximum atomic E-state index is 11.0. The molecule has 74 valence electrons. The van der Waals surface area contributed by atoms with Crippen molar-refractivity contribution in [3.05, 3.63) is 0 Å². The van der Waals surface area contributed by atoms with E-state index >= 15 is 0 Å². The molecule has 12 heavy (non-hydrogen) atoms. The first-order valence-electron chi connectivity index (χ1n) is 3.83. The normalized spacial score (nSPS) is 17.4. The zero-order chi connectivity index (χ0) is 9.83. The number of nitrogens with two attached hydrogens (primary N) is 1. The monoisotopic (exact) mass is 213 g/mol. The van der Waals surface area contributed by atoms with Crippen molar-refractivity contribution in [2.75, 3.05) is 5.75 Å². The number of thiol groups is 1. The zero-order valence-corrected chi connectivity index (χ0v) is 8.89. The second-order valence-corrected chi connectivity index (χ2v) is 5.30. The Hall–Kier alpha value is 0.460. The van der Waals surface area contributed by atoms with Crippen LogP contribution in [0, 0.1) is 0 Å². The second-order valence-electron chi connectivity index (χ2n) is 2.87. The van der Waals surface area contributed by atoms with Crippen molar-refractivity contribution in [1.82, 2.24) is 0 Å². The molecular weight excluding hydrogens is 197 g/mol. The minimum Gasteiger partial charge on any atom is -0.323 e. The van der Waals surface area contributed by atoms with Gasteiger partial charge >= 0.3 is 7.60 Å². The number of rotatable bonds is 5. The van der Waals surface area contributed by atoms with Crippen LogP contribution in [0.5, 0.6) is 0 Å². The third-order valence-corrected chi connectivity index (χ3v) is 3.64. The van der Waals surface area contributed by atoms with Crippen molar-refractivity contribution >= 4 is 20.2 Å². The van der Waals surface area contributed by atoms with Gasteiger partial charge in [0.2, 0.25) is 0 Å². The highest BCUT2D eigenvalue weighted by Crippen LogP contribution is 2.51. The van der Waals surface area contributed by atoms with Gasteiger partial charge in [0.15, 0.2) is 0 Å². The average molecular weight is 213 g/mol. The Morgan fingerprint density at radius 3 is 2.25 bits per heavy atom. The Balaban J connectivity index is 4.50. The maximum Gasteiger partial charge on any atom is 0.345 e. The zero-order valence-electron chi connectivity index (χ0n) is 7.10. The molecule has 1 atom stereocenters. The molecule has 0 amide bonds. The van der Waals surface area contributed by atoms with E-state index in [9.17, 15) is 4.57 Å². The van der Waals surface area contributed by atoms with Crippen molar-refractivity contribution in [3.63, 3.8) is 0 Å². The van der Waals surface area contributed by atoms with Crippen LogP contribution in [-0.2, 0) is 4.57 Å². The van der Waals surface area contributed by atoms with Crippen LogP contribution in [0.25, 0.3) is 0 Å². The van der Waals surface area contributed by atoms with Crippen LogP contribution < -0.4 is 5.73 Å². The first-order valence-corrected chi connectivity index (χ1v) is 6.07. The Labute approximate surface area is 78.1 Å². The molecule has 4 nitrogen and oxygen atoms in total. The van der Waals surface area contributed by atoms with Crippen LogP contribution in [0.3, 0.4) is 0 Å². The molecule has 0 fully saturated rings. The largest absolute Gasteiger partial charge is 0.345 e. The van der Waals surface area contributed by atoms with Crippen LogP contribution >= 0.6 is 20.2 Å². The Kier molecular flexibility index (Phi) is 4.81. The quantitative estimate of drug-likeness (QED) is 0.404. The van der Waals surface area contributed by atoms with Crippen molar-refractivity contribution in [2.45, 2.75) is 31.5 Å². The summed E-state index contributed by atoms with van der Waals surface area (Å²) in [4.78, 5) is 17.9. The first kappa shape index (κ1) is 12.5. The van der Waals surface area contributed by atoms with Crippen LogP contribution in [0.1, 0.15) is 26.2 Å². The highest BCUT2D eigenvalue weighted by molar-refractivity contribution is 7.80. The lowest BCUT2D eigenvalue weighted by Crippen LogP contribution is -2.39. The molecule has 0 aliphatic rings. The molecule has 0 aromatic carbocycles. The molecular formula is C6H16NO3PS. The van der Waals surface area contributed by atoms with Gasteiger partial charge in [-0.3, -0.25) is 4.57 Å². The van der Waals surface area contributed by atoms with Crippen LogP contribution in [0.15, 0.2) is 0 Å². The van der Waals surface area contributed by atoms with Gasteiger partial charge in [-0.25, -0.2) is 0 Å². The summed E-state index contributed by atoms with van der Waals surface area (Å²) in [5.74, 6) is 0.390. The van der Waals surface area contributed by atoms with E-state index in [4.69, 9.17) is 15.5 Å². The fraction of sp³-hybridized carbons (Fsp3) is 1.00. The fourth-order valence-corrected chi connectivity index (χ4v) is 2.54. The lowest BCUT2D eigenvalue weighted by molar-refractivity contribution is 0.312. The Morgan fingerprint density at radius 2 is 2.00 bits per heavy atom. The summed E-state index contributed by atoms with van der Waals surface area (Å²) in [6.45, 7) is 1.84. The second kappa shape index (κ2) is 4.63. The molecule has 0 spiro atoms. The van der Waals surface area contributed by atoms with E-state index in [-0.39, 0.29) is 6.42 Å². The van der Waals surface area contributed by atoms with Gasteiger partial charge in [-0.1, -0.05) is 13.3 Å². The van der Waals surface area contributed by atoms with Crippen LogP contribution in [0.2, 0.25) is 0 Å². The summed E-state index contributed by atoms with van der Waals surface area (Å²) in [5, 5.41) is -1.37. The predicted octanol–water partition coefficient (Wildman–Crippen LogP) is 0.939. The molecule has 0 saturated carbocycles. The molecule has 0 aliphatic heterocycles. The van der Waals surface area contributed by atoms with E-state index in [2.05, 4.69) is 12.6 Å². The highest BCUT2D eigenvalue weighted by Gasteiger charge is 2.41. The SMILES string of the molecule is CCCC(N)(CCS)P(=O)(O)O. The van der Waals surface area contributed by atoms with Crippen molar-refractivity contribution in [3.8, 4) is 0 Å². The van der Waals surface area contributed by atoms with Crippen molar-refractivity contribution in [1.29, 1.82) is 0 Å². The lowest BCUT2D eigenvalue weighted by atomic mass is 10.1. The van der Waals surface area contributed by atoms with E-state index in [1.165, 1.54) is 0 Å². The molecule has 0 aromatic heterocycles. The highest BCUT2D eigenvalue weighted by atomic mass is 32.1. The third kappa shape index (κ3) is 3.07. The maximum absolute atomic E-state index is 11.0. The third-order valence-electron chi connectivity index (χ3n) is 1.81.